The number of carbonyl (C=O) groups is 1. The lowest BCUT2D eigenvalue weighted by atomic mass is 9.94. The lowest BCUT2D eigenvalue weighted by molar-refractivity contribution is -0.136. The van der Waals surface area contributed by atoms with E-state index >= 15 is 0 Å². The van der Waals surface area contributed by atoms with Gasteiger partial charge in [0.05, 0.1) is 12.5 Å². The zero-order chi connectivity index (χ0) is 15.5. The standard InChI is InChI=1S/C18H22N2OS/c1-13(17(19)14-6-3-2-4-7-14)18(21)20(15-9-10-15)12-16-8-5-11-22-16/h2-8,11,13,15,17H,9-10,12,19H2,1H3. The fourth-order valence-electron chi connectivity index (χ4n) is 2.72. The molecule has 2 aromatic rings. The van der Waals surface area contributed by atoms with Crippen molar-refractivity contribution in [1.82, 2.24) is 4.90 Å². The molecule has 1 aliphatic rings. The van der Waals surface area contributed by atoms with Crippen LogP contribution in [0.4, 0.5) is 0 Å². The third-order valence-electron chi connectivity index (χ3n) is 4.29. The highest BCUT2D eigenvalue weighted by atomic mass is 32.1. The highest BCUT2D eigenvalue weighted by Crippen LogP contribution is 2.32. The van der Waals surface area contributed by atoms with E-state index in [1.54, 1.807) is 11.3 Å². The van der Waals surface area contributed by atoms with Gasteiger partial charge in [0.2, 0.25) is 5.91 Å². The van der Waals surface area contributed by atoms with Gasteiger partial charge in [-0.15, -0.1) is 11.3 Å². The number of carbonyl (C=O) groups excluding carboxylic acids is 1. The normalized spacial score (nSPS) is 17.0. The summed E-state index contributed by atoms with van der Waals surface area (Å²) in [6, 6.07) is 14.2. The van der Waals surface area contributed by atoms with Gasteiger partial charge < -0.3 is 10.6 Å². The minimum absolute atomic E-state index is 0.173. The Balaban J connectivity index is 1.72. The fourth-order valence-corrected chi connectivity index (χ4v) is 3.43. The molecule has 1 saturated carbocycles. The first-order valence-corrected chi connectivity index (χ1v) is 8.68. The van der Waals surface area contributed by atoms with Crippen molar-refractivity contribution in [3.8, 4) is 0 Å². The lowest BCUT2D eigenvalue weighted by Gasteiger charge is -2.28. The number of thiophene rings is 1. The number of nitrogens with zero attached hydrogens (tertiary/aromatic N) is 1. The molecule has 1 aromatic heterocycles. The Bertz CT molecular complexity index is 607. The van der Waals surface area contributed by atoms with Gasteiger partial charge in [-0.05, 0) is 29.9 Å². The molecule has 0 saturated heterocycles. The van der Waals surface area contributed by atoms with Crippen molar-refractivity contribution in [3.63, 3.8) is 0 Å². The average Bonchev–Trinajstić information content (AvgIpc) is 3.27. The Labute approximate surface area is 135 Å². The van der Waals surface area contributed by atoms with Crippen molar-refractivity contribution in [3.05, 3.63) is 58.3 Å². The Morgan fingerprint density at radius 2 is 2.00 bits per heavy atom. The largest absolute Gasteiger partial charge is 0.334 e. The molecular weight excluding hydrogens is 292 g/mol. The lowest BCUT2D eigenvalue weighted by Crippen LogP contribution is -2.40. The Kier molecular flexibility index (Phi) is 4.60. The van der Waals surface area contributed by atoms with Crippen molar-refractivity contribution >= 4 is 17.2 Å². The topological polar surface area (TPSA) is 46.3 Å². The number of benzene rings is 1. The first kappa shape index (κ1) is 15.3. The van der Waals surface area contributed by atoms with E-state index in [9.17, 15) is 4.79 Å². The summed E-state index contributed by atoms with van der Waals surface area (Å²) in [6.07, 6.45) is 2.23. The molecule has 1 amide bonds. The van der Waals surface area contributed by atoms with Gasteiger partial charge in [0.1, 0.15) is 0 Å². The summed E-state index contributed by atoms with van der Waals surface area (Å²) in [4.78, 5) is 16.2. The van der Waals surface area contributed by atoms with Gasteiger partial charge in [0.15, 0.2) is 0 Å². The van der Waals surface area contributed by atoms with Crippen molar-refractivity contribution < 1.29 is 4.79 Å². The van der Waals surface area contributed by atoms with Crippen LogP contribution >= 0.6 is 11.3 Å². The van der Waals surface area contributed by atoms with E-state index in [0.29, 0.717) is 12.6 Å². The molecule has 116 valence electrons. The Hall–Kier alpha value is -1.65. The minimum atomic E-state index is -0.252. The van der Waals surface area contributed by atoms with Crippen LogP contribution in [0, 0.1) is 5.92 Å². The average molecular weight is 314 g/mol. The van der Waals surface area contributed by atoms with E-state index in [2.05, 4.69) is 11.4 Å². The molecule has 0 bridgehead atoms. The van der Waals surface area contributed by atoms with Crippen LogP contribution in [0.15, 0.2) is 47.8 Å². The zero-order valence-corrected chi connectivity index (χ0v) is 13.6. The number of hydrogen-bond donors (Lipinski definition) is 1. The fraction of sp³-hybridized carbons (Fsp3) is 0.389. The summed E-state index contributed by atoms with van der Waals surface area (Å²) in [5.74, 6) is -0.0322. The molecular formula is C18H22N2OS. The van der Waals surface area contributed by atoms with E-state index in [0.717, 1.165) is 18.4 Å². The molecule has 22 heavy (non-hydrogen) atoms. The maximum absolute atomic E-state index is 12.9. The second-order valence-corrected chi connectivity index (χ2v) is 7.03. The number of hydrogen-bond acceptors (Lipinski definition) is 3. The number of rotatable bonds is 6. The molecule has 0 aliphatic heterocycles. The third kappa shape index (κ3) is 3.39. The van der Waals surface area contributed by atoms with Gasteiger partial charge in [-0.1, -0.05) is 43.3 Å². The smallest absolute Gasteiger partial charge is 0.227 e. The molecule has 1 fully saturated rings. The zero-order valence-electron chi connectivity index (χ0n) is 12.8. The summed E-state index contributed by atoms with van der Waals surface area (Å²) >= 11 is 1.71. The van der Waals surface area contributed by atoms with Crippen LogP contribution in [0.2, 0.25) is 0 Å². The van der Waals surface area contributed by atoms with Crippen molar-refractivity contribution in [2.24, 2.45) is 11.7 Å². The predicted molar refractivity (Wildman–Crippen MR) is 90.4 cm³/mol. The van der Waals surface area contributed by atoms with E-state index in [1.165, 1.54) is 4.88 Å². The summed E-state index contributed by atoms with van der Waals surface area (Å²) in [6.45, 7) is 2.66. The van der Waals surface area contributed by atoms with Gasteiger partial charge in [-0.3, -0.25) is 4.79 Å². The second-order valence-electron chi connectivity index (χ2n) is 6.00. The second kappa shape index (κ2) is 6.63. The molecule has 1 aliphatic carbocycles. The van der Waals surface area contributed by atoms with E-state index in [-0.39, 0.29) is 17.9 Å². The highest BCUT2D eigenvalue weighted by Gasteiger charge is 2.36. The van der Waals surface area contributed by atoms with Crippen LogP contribution in [0.25, 0.3) is 0 Å². The minimum Gasteiger partial charge on any atom is -0.334 e. The molecule has 4 heteroatoms. The van der Waals surface area contributed by atoms with E-state index in [1.807, 2.05) is 48.2 Å². The molecule has 2 atom stereocenters. The van der Waals surface area contributed by atoms with Gasteiger partial charge >= 0.3 is 0 Å². The SMILES string of the molecule is CC(C(=O)N(Cc1cccs1)C1CC1)C(N)c1ccccc1. The Morgan fingerprint density at radius 3 is 2.59 bits per heavy atom. The summed E-state index contributed by atoms with van der Waals surface area (Å²) in [5.41, 5.74) is 7.35. The Morgan fingerprint density at radius 1 is 1.27 bits per heavy atom. The number of nitrogens with two attached hydrogens (primary N) is 1. The quantitative estimate of drug-likeness (QED) is 0.886. The monoisotopic (exact) mass is 314 g/mol. The van der Waals surface area contributed by atoms with Crippen molar-refractivity contribution in [1.29, 1.82) is 0 Å². The van der Waals surface area contributed by atoms with Crippen LogP contribution in [0.3, 0.4) is 0 Å². The van der Waals surface area contributed by atoms with Gasteiger partial charge in [0.25, 0.3) is 0 Å². The number of amides is 1. The summed E-state index contributed by atoms with van der Waals surface area (Å²) < 4.78 is 0. The van der Waals surface area contributed by atoms with E-state index in [4.69, 9.17) is 5.73 Å². The van der Waals surface area contributed by atoms with Gasteiger partial charge in [-0.25, -0.2) is 0 Å². The van der Waals surface area contributed by atoms with Gasteiger partial charge in [-0.2, -0.15) is 0 Å². The molecule has 3 nitrogen and oxygen atoms in total. The van der Waals surface area contributed by atoms with Crippen LogP contribution in [-0.4, -0.2) is 16.8 Å². The maximum Gasteiger partial charge on any atom is 0.227 e. The first-order valence-electron chi connectivity index (χ1n) is 7.80. The van der Waals surface area contributed by atoms with Crippen molar-refractivity contribution in [2.45, 2.75) is 38.4 Å². The summed E-state index contributed by atoms with van der Waals surface area (Å²) in [5, 5.41) is 2.06. The summed E-state index contributed by atoms with van der Waals surface area (Å²) in [7, 11) is 0. The van der Waals surface area contributed by atoms with Gasteiger partial charge in [0, 0.05) is 17.0 Å². The van der Waals surface area contributed by atoms with Crippen LogP contribution in [0.5, 0.6) is 0 Å². The molecule has 0 spiro atoms. The predicted octanol–water partition coefficient (Wildman–Crippen LogP) is 3.58. The molecule has 1 aromatic carbocycles. The highest BCUT2D eigenvalue weighted by molar-refractivity contribution is 7.09. The molecule has 0 radical (unpaired) electrons. The first-order chi connectivity index (χ1) is 10.7. The van der Waals surface area contributed by atoms with Crippen LogP contribution < -0.4 is 5.73 Å². The molecule has 2 unspecified atom stereocenters. The maximum atomic E-state index is 12.9. The molecule has 2 N–H and O–H groups in total. The van der Waals surface area contributed by atoms with Crippen LogP contribution in [0.1, 0.15) is 36.2 Å². The van der Waals surface area contributed by atoms with Crippen LogP contribution in [-0.2, 0) is 11.3 Å². The molecule has 3 rings (SSSR count). The van der Waals surface area contributed by atoms with Crippen molar-refractivity contribution in [2.75, 3.05) is 0 Å². The molecule has 1 heterocycles. The van der Waals surface area contributed by atoms with E-state index < -0.39 is 0 Å². The third-order valence-corrected chi connectivity index (χ3v) is 5.15.